The van der Waals surface area contributed by atoms with Crippen molar-refractivity contribution >= 4 is 28.9 Å². The van der Waals surface area contributed by atoms with Crippen LogP contribution >= 0.6 is 12.2 Å². The molecule has 0 fully saturated rings. The molecule has 0 radical (unpaired) electrons. The summed E-state index contributed by atoms with van der Waals surface area (Å²) < 4.78 is 13.3. The molecular formula is C11H14FN3OS. The van der Waals surface area contributed by atoms with Crippen LogP contribution in [0.25, 0.3) is 0 Å². The van der Waals surface area contributed by atoms with Crippen molar-refractivity contribution in [2.45, 2.75) is 6.92 Å². The number of amides is 2. The maximum Gasteiger partial charge on any atom is 0.322 e. The Balaban J connectivity index is 2.71. The molecule has 2 amide bonds. The lowest BCUT2D eigenvalue weighted by atomic mass is 10.3. The Bertz CT molecular complexity index is 425. The molecule has 92 valence electrons. The highest BCUT2D eigenvalue weighted by Crippen LogP contribution is 2.12. The smallest absolute Gasteiger partial charge is 0.322 e. The Kier molecular flexibility index (Phi) is 4.84. The van der Waals surface area contributed by atoms with Crippen molar-refractivity contribution in [1.82, 2.24) is 4.90 Å². The third-order valence-corrected chi connectivity index (χ3v) is 2.26. The molecule has 0 aliphatic carbocycles. The first kappa shape index (κ1) is 13.4. The summed E-state index contributed by atoms with van der Waals surface area (Å²) in [6.45, 7) is 2.41. The van der Waals surface area contributed by atoms with E-state index < -0.39 is 11.8 Å². The Morgan fingerprint density at radius 1 is 1.53 bits per heavy atom. The van der Waals surface area contributed by atoms with Crippen molar-refractivity contribution in [3.05, 3.63) is 30.1 Å². The quantitative estimate of drug-likeness (QED) is 0.809. The van der Waals surface area contributed by atoms with Crippen LogP contribution < -0.4 is 11.1 Å². The minimum Gasteiger partial charge on any atom is -0.392 e. The Labute approximate surface area is 105 Å². The van der Waals surface area contributed by atoms with Crippen LogP contribution in [0, 0.1) is 5.82 Å². The number of hydrogen-bond donors (Lipinski definition) is 2. The van der Waals surface area contributed by atoms with Gasteiger partial charge in [0.1, 0.15) is 5.82 Å². The predicted molar refractivity (Wildman–Crippen MR) is 69.5 cm³/mol. The summed E-state index contributed by atoms with van der Waals surface area (Å²) >= 11 is 4.73. The molecule has 17 heavy (non-hydrogen) atoms. The molecule has 0 saturated carbocycles. The highest BCUT2D eigenvalue weighted by Gasteiger charge is 2.13. The number of benzene rings is 1. The van der Waals surface area contributed by atoms with Crippen LogP contribution in [0.4, 0.5) is 14.9 Å². The van der Waals surface area contributed by atoms with Crippen molar-refractivity contribution < 1.29 is 9.18 Å². The molecule has 0 aliphatic rings. The molecule has 0 spiro atoms. The maximum atomic E-state index is 13.3. The van der Waals surface area contributed by atoms with Crippen LogP contribution in [0.15, 0.2) is 24.3 Å². The van der Waals surface area contributed by atoms with E-state index in [0.29, 0.717) is 6.54 Å². The molecule has 0 aliphatic heterocycles. The molecule has 4 nitrogen and oxygen atoms in total. The van der Waals surface area contributed by atoms with Gasteiger partial charge in [-0.05, 0) is 19.1 Å². The van der Waals surface area contributed by atoms with Gasteiger partial charge in [-0.15, -0.1) is 0 Å². The van der Waals surface area contributed by atoms with Gasteiger partial charge < -0.3 is 16.0 Å². The van der Waals surface area contributed by atoms with Gasteiger partial charge in [0.05, 0.1) is 17.2 Å². The van der Waals surface area contributed by atoms with Crippen LogP contribution in [-0.2, 0) is 0 Å². The number of thiocarbonyl (C=S) groups is 1. The zero-order chi connectivity index (χ0) is 12.8. The summed E-state index contributed by atoms with van der Waals surface area (Å²) in [6.07, 6.45) is 0. The number of carbonyl (C=O) groups is 1. The second-order valence-corrected chi connectivity index (χ2v) is 3.91. The van der Waals surface area contributed by atoms with Gasteiger partial charge in [-0.1, -0.05) is 24.4 Å². The van der Waals surface area contributed by atoms with Gasteiger partial charge >= 0.3 is 6.03 Å². The summed E-state index contributed by atoms with van der Waals surface area (Å²) in [5, 5.41) is 2.46. The molecule has 1 rings (SSSR count). The highest BCUT2D eigenvalue weighted by atomic mass is 32.1. The number of para-hydroxylation sites is 1. The fraction of sp³-hybridized carbons (Fsp3) is 0.273. The van der Waals surface area contributed by atoms with E-state index in [1.807, 2.05) is 0 Å². The van der Waals surface area contributed by atoms with Gasteiger partial charge in [0.15, 0.2) is 0 Å². The average Bonchev–Trinajstić information content (AvgIpc) is 2.28. The van der Waals surface area contributed by atoms with E-state index in [1.54, 1.807) is 19.1 Å². The van der Waals surface area contributed by atoms with E-state index in [9.17, 15) is 9.18 Å². The highest BCUT2D eigenvalue weighted by molar-refractivity contribution is 7.80. The average molecular weight is 255 g/mol. The number of nitrogens with two attached hydrogens (primary N) is 1. The molecular weight excluding hydrogens is 241 g/mol. The molecule has 0 heterocycles. The molecule has 0 aromatic heterocycles. The lowest BCUT2D eigenvalue weighted by Gasteiger charge is -2.20. The molecule has 3 N–H and O–H groups in total. The molecule has 1 aromatic carbocycles. The predicted octanol–water partition coefficient (Wildman–Crippen LogP) is 1.97. The molecule has 0 atom stereocenters. The number of likely N-dealkylation sites (N-methyl/N-ethyl adjacent to an activating group) is 1. The van der Waals surface area contributed by atoms with Gasteiger partial charge in [-0.25, -0.2) is 9.18 Å². The minimum atomic E-state index is -0.479. The molecule has 1 aromatic rings. The zero-order valence-electron chi connectivity index (χ0n) is 9.44. The summed E-state index contributed by atoms with van der Waals surface area (Å²) in [4.78, 5) is 13.4. The van der Waals surface area contributed by atoms with E-state index in [2.05, 4.69) is 5.32 Å². The van der Waals surface area contributed by atoms with Gasteiger partial charge in [-0.2, -0.15) is 0 Å². The zero-order valence-corrected chi connectivity index (χ0v) is 10.3. The van der Waals surface area contributed by atoms with E-state index >= 15 is 0 Å². The standard InChI is InChI=1S/C11H14FN3OS/c1-2-15(7-10(13)17)11(16)14-9-6-4-3-5-8(9)12/h3-6H,2,7H2,1H3,(H2,13,17)(H,14,16). The number of nitrogens with zero attached hydrogens (tertiary/aromatic N) is 1. The first-order valence-corrected chi connectivity index (χ1v) is 5.54. The first-order valence-electron chi connectivity index (χ1n) is 5.13. The Morgan fingerprint density at radius 2 is 2.18 bits per heavy atom. The topological polar surface area (TPSA) is 58.4 Å². The van der Waals surface area contributed by atoms with Gasteiger partial charge in [0, 0.05) is 6.54 Å². The molecule has 6 heteroatoms. The second kappa shape index (κ2) is 6.15. The molecule has 0 unspecified atom stereocenters. The number of nitrogens with one attached hydrogen (secondary N) is 1. The Morgan fingerprint density at radius 3 is 2.71 bits per heavy atom. The third kappa shape index (κ3) is 3.99. The van der Waals surface area contributed by atoms with E-state index in [1.165, 1.54) is 17.0 Å². The largest absolute Gasteiger partial charge is 0.392 e. The monoisotopic (exact) mass is 255 g/mol. The fourth-order valence-corrected chi connectivity index (χ4v) is 1.43. The van der Waals surface area contributed by atoms with Crippen molar-refractivity contribution in [2.75, 3.05) is 18.4 Å². The first-order chi connectivity index (χ1) is 8.04. The second-order valence-electron chi connectivity index (χ2n) is 3.39. The Hall–Kier alpha value is -1.69. The van der Waals surface area contributed by atoms with Crippen molar-refractivity contribution in [3.8, 4) is 0 Å². The number of halogens is 1. The summed E-state index contributed by atoms with van der Waals surface area (Å²) in [7, 11) is 0. The number of rotatable bonds is 4. The summed E-state index contributed by atoms with van der Waals surface area (Å²) in [6, 6.07) is 5.53. The third-order valence-electron chi connectivity index (χ3n) is 2.13. The van der Waals surface area contributed by atoms with E-state index in [4.69, 9.17) is 18.0 Å². The minimum absolute atomic E-state index is 0.138. The summed E-state index contributed by atoms with van der Waals surface area (Å²) in [5.41, 5.74) is 5.50. The van der Waals surface area contributed by atoms with Gasteiger partial charge in [0.2, 0.25) is 0 Å². The molecule has 0 saturated heterocycles. The van der Waals surface area contributed by atoms with Crippen LogP contribution in [0.3, 0.4) is 0 Å². The van der Waals surface area contributed by atoms with Crippen molar-refractivity contribution in [3.63, 3.8) is 0 Å². The normalized spacial score (nSPS) is 9.76. The van der Waals surface area contributed by atoms with E-state index in [0.717, 1.165) is 0 Å². The van der Waals surface area contributed by atoms with Gasteiger partial charge in [0.25, 0.3) is 0 Å². The van der Waals surface area contributed by atoms with Crippen LogP contribution in [0.5, 0.6) is 0 Å². The number of hydrogen-bond acceptors (Lipinski definition) is 2. The van der Waals surface area contributed by atoms with Crippen molar-refractivity contribution in [2.24, 2.45) is 5.73 Å². The maximum absolute atomic E-state index is 13.3. The number of urea groups is 1. The van der Waals surface area contributed by atoms with Crippen molar-refractivity contribution in [1.29, 1.82) is 0 Å². The SMILES string of the molecule is CCN(CC(N)=S)C(=O)Nc1ccccc1F. The van der Waals surface area contributed by atoms with Crippen LogP contribution in [0.2, 0.25) is 0 Å². The van der Waals surface area contributed by atoms with Crippen LogP contribution in [0.1, 0.15) is 6.92 Å². The number of anilines is 1. The lowest BCUT2D eigenvalue weighted by Crippen LogP contribution is -2.40. The van der Waals surface area contributed by atoms with Gasteiger partial charge in [-0.3, -0.25) is 0 Å². The van der Waals surface area contributed by atoms with E-state index in [-0.39, 0.29) is 17.2 Å². The van der Waals surface area contributed by atoms with Crippen LogP contribution in [-0.4, -0.2) is 29.0 Å². The summed E-state index contributed by atoms with van der Waals surface area (Å²) in [5.74, 6) is -0.479. The fourth-order valence-electron chi connectivity index (χ4n) is 1.27. The molecule has 0 bridgehead atoms. The number of carbonyl (C=O) groups excluding carboxylic acids is 1. The lowest BCUT2D eigenvalue weighted by molar-refractivity contribution is 0.221.